The Morgan fingerprint density at radius 2 is 2.15 bits per heavy atom. The summed E-state index contributed by atoms with van der Waals surface area (Å²) in [4.78, 5) is 16.6. The summed E-state index contributed by atoms with van der Waals surface area (Å²) < 4.78 is 1.82. The molecule has 26 heavy (non-hydrogen) atoms. The minimum absolute atomic E-state index is 0.190. The van der Waals surface area contributed by atoms with Crippen LogP contribution in [0.4, 0.5) is 5.95 Å². The number of nitrogens with two attached hydrogens (primary N) is 1. The van der Waals surface area contributed by atoms with Crippen molar-refractivity contribution in [3.8, 4) is 17.5 Å². The SMILES string of the molecule is CC(O)(C#Cc1cccc(-n2cnc3cnc(N)nc32)c1)c1nccs1. The zero-order chi connectivity index (χ0) is 18.1. The maximum absolute atomic E-state index is 10.5. The lowest BCUT2D eigenvalue weighted by molar-refractivity contribution is 0.122. The maximum atomic E-state index is 10.5. The van der Waals surface area contributed by atoms with Gasteiger partial charge >= 0.3 is 0 Å². The molecule has 0 spiro atoms. The number of hydrogen-bond acceptors (Lipinski definition) is 7. The van der Waals surface area contributed by atoms with Gasteiger partial charge in [-0.05, 0) is 25.1 Å². The highest BCUT2D eigenvalue weighted by Crippen LogP contribution is 2.22. The van der Waals surface area contributed by atoms with Crippen molar-refractivity contribution in [2.24, 2.45) is 0 Å². The molecule has 1 aromatic carbocycles. The highest BCUT2D eigenvalue weighted by molar-refractivity contribution is 7.09. The van der Waals surface area contributed by atoms with Crippen molar-refractivity contribution in [2.45, 2.75) is 12.5 Å². The Morgan fingerprint density at radius 1 is 1.27 bits per heavy atom. The van der Waals surface area contributed by atoms with Gasteiger partial charge < -0.3 is 10.8 Å². The molecule has 1 atom stereocenters. The highest BCUT2D eigenvalue weighted by atomic mass is 32.1. The summed E-state index contributed by atoms with van der Waals surface area (Å²) in [6.07, 6.45) is 4.90. The van der Waals surface area contributed by atoms with E-state index in [4.69, 9.17) is 5.73 Å². The molecule has 0 bridgehead atoms. The fraction of sp³-hybridized carbons (Fsp3) is 0.111. The topological polar surface area (TPSA) is 103 Å². The molecule has 0 saturated heterocycles. The zero-order valence-electron chi connectivity index (χ0n) is 13.8. The van der Waals surface area contributed by atoms with Gasteiger partial charge in [0, 0.05) is 22.8 Å². The number of hydrogen-bond donors (Lipinski definition) is 2. The lowest BCUT2D eigenvalue weighted by Crippen LogP contribution is -2.17. The number of rotatable bonds is 2. The van der Waals surface area contributed by atoms with Crippen molar-refractivity contribution in [3.05, 3.63) is 58.9 Å². The largest absolute Gasteiger partial charge is 0.371 e. The number of thiazole rings is 1. The van der Waals surface area contributed by atoms with Gasteiger partial charge in [0.25, 0.3) is 0 Å². The van der Waals surface area contributed by atoms with Crippen LogP contribution in [0.15, 0.2) is 48.4 Å². The molecular weight excluding hydrogens is 348 g/mol. The smallest absolute Gasteiger partial charge is 0.222 e. The van der Waals surface area contributed by atoms with Crippen molar-refractivity contribution in [1.29, 1.82) is 0 Å². The molecule has 0 amide bonds. The second-order valence-electron chi connectivity index (χ2n) is 5.76. The third kappa shape index (κ3) is 3.01. The van der Waals surface area contributed by atoms with Crippen LogP contribution in [0.2, 0.25) is 0 Å². The van der Waals surface area contributed by atoms with Crippen LogP contribution in [-0.2, 0) is 5.60 Å². The number of nitrogens with zero attached hydrogens (tertiary/aromatic N) is 5. The van der Waals surface area contributed by atoms with Gasteiger partial charge in [0.1, 0.15) is 16.9 Å². The van der Waals surface area contributed by atoms with Gasteiger partial charge in [-0.1, -0.05) is 17.9 Å². The normalized spacial score (nSPS) is 13.2. The molecular formula is C18H14N6OS. The van der Waals surface area contributed by atoms with E-state index in [0.717, 1.165) is 11.3 Å². The number of aromatic nitrogens is 5. The Kier molecular flexibility index (Phi) is 3.88. The first-order chi connectivity index (χ1) is 12.5. The second kappa shape index (κ2) is 6.22. The molecule has 0 aliphatic carbocycles. The Labute approximate surface area is 153 Å². The minimum atomic E-state index is -1.30. The monoisotopic (exact) mass is 362 g/mol. The number of fused-ring (bicyclic) bond motifs is 1. The van der Waals surface area contributed by atoms with E-state index < -0.39 is 5.60 Å². The van der Waals surface area contributed by atoms with E-state index in [2.05, 4.69) is 31.8 Å². The number of anilines is 1. The zero-order valence-corrected chi connectivity index (χ0v) is 14.6. The van der Waals surface area contributed by atoms with Crippen LogP contribution in [0.25, 0.3) is 16.9 Å². The lowest BCUT2D eigenvalue weighted by atomic mass is 10.1. The van der Waals surface area contributed by atoms with Gasteiger partial charge in [0.15, 0.2) is 11.2 Å². The number of imidazole rings is 1. The van der Waals surface area contributed by atoms with Gasteiger partial charge in [0.2, 0.25) is 5.95 Å². The van der Waals surface area contributed by atoms with Crippen LogP contribution in [0.1, 0.15) is 17.5 Å². The van der Waals surface area contributed by atoms with Gasteiger partial charge in [0.05, 0.1) is 6.20 Å². The predicted molar refractivity (Wildman–Crippen MR) is 99.6 cm³/mol. The highest BCUT2D eigenvalue weighted by Gasteiger charge is 2.22. The first-order valence-electron chi connectivity index (χ1n) is 7.74. The Bertz CT molecular complexity index is 1140. The molecule has 0 fully saturated rings. The van der Waals surface area contributed by atoms with Crippen LogP contribution < -0.4 is 5.73 Å². The van der Waals surface area contributed by atoms with Crippen molar-refractivity contribution < 1.29 is 5.11 Å². The summed E-state index contributed by atoms with van der Waals surface area (Å²) >= 11 is 1.37. The van der Waals surface area contributed by atoms with Gasteiger partial charge in [-0.15, -0.1) is 11.3 Å². The fourth-order valence-electron chi connectivity index (χ4n) is 2.46. The summed E-state index contributed by atoms with van der Waals surface area (Å²) in [7, 11) is 0. The molecule has 128 valence electrons. The average molecular weight is 362 g/mol. The predicted octanol–water partition coefficient (Wildman–Crippen LogP) is 2.11. The molecule has 0 radical (unpaired) electrons. The average Bonchev–Trinajstić information content (AvgIpc) is 3.30. The quantitative estimate of drug-likeness (QED) is 0.530. The molecule has 4 rings (SSSR count). The van der Waals surface area contributed by atoms with Crippen LogP contribution in [0.5, 0.6) is 0 Å². The molecule has 3 aromatic heterocycles. The molecule has 0 aliphatic heterocycles. The van der Waals surface area contributed by atoms with Crippen molar-refractivity contribution in [1.82, 2.24) is 24.5 Å². The van der Waals surface area contributed by atoms with E-state index >= 15 is 0 Å². The van der Waals surface area contributed by atoms with Crippen LogP contribution in [0, 0.1) is 11.8 Å². The van der Waals surface area contributed by atoms with Crippen LogP contribution in [0.3, 0.4) is 0 Å². The molecule has 4 aromatic rings. The molecule has 3 heterocycles. The number of aliphatic hydroxyl groups is 1. The van der Waals surface area contributed by atoms with Crippen molar-refractivity contribution >= 4 is 28.4 Å². The van der Waals surface area contributed by atoms with Crippen molar-refractivity contribution in [3.63, 3.8) is 0 Å². The number of nitrogen functional groups attached to an aromatic ring is 1. The first-order valence-corrected chi connectivity index (χ1v) is 8.62. The molecule has 1 unspecified atom stereocenters. The lowest BCUT2D eigenvalue weighted by Gasteiger charge is -2.12. The molecule has 8 heteroatoms. The molecule has 7 nitrogen and oxygen atoms in total. The summed E-state index contributed by atoms with van der Waals surface area (Å²) in [5.41, 5.74) is 7.26. The van der Waals surface area contributed by atoms with E-state index in [1.165, 1.54) is 11.3 Å². The summed E-state index contributed by atoms with van der Waals surface area (Å²) in [5, 5.41) is 12.9. The van der Waals surface area contributed by atoms with Crippen LogP contribution in [-0.4, -0.2) is 29.6 Å². The van der Waals surface area contributed by atoms with E-state index in [1.807, 2.05) is 34.2 Å². The van der Waals surface area contributed by atoms with E-state index in [9.17, 15) is 5.11 Å². The molecule has 3 N–H and O–H groups in total. The van der Waals surface area contributed by atoms with E-state index in [-0.39, 0.29) is 5.95 Å². The van der Waals surface area contributed by atoms with Crippen LogP contribution >= 0.6 is 11.3 Å². The summed E-state index contributed by atoms with van der Waals surface area (Å²) in [6, 6.07) is 7.57. The van der Waals surface area contributed by atoms with Crippen molar-refractivity contribution in [2.75, 3.05) is 5.73 Å². The Balaban J connectivity index is 1.72. The van der Waals surface area contributed by atoms with E-state index in [1.54, 1.807) is 25.6 Å². The fourth-order valence-corrected chi connectivity index (χ4v) is 3.11. The summed E-state index contributed by atoms with van der Waals surface area (Å²) in [6.45, 7) is 1.63. The standard InChI is InChI=1S/C18H14N6OS/c1-18(25,16-20-7-8-26-16)6-5-12-3-2-4-13(9-12)24-11-22-14-10-21-17(19)23-15(14)24/h2-4,7-11,25H,1H3,(H2,19,21,23). The summed E-state index contributed by atoms with van der Waals surface area (Å²) in [5.74, 6) is 6.08. The molecule has 0 saturated carbocycles. The van der Waals surface area contributed by atoms with Gasteiger partial charge in [-0.2, -0.15) is 4.98 Å². The Morgan fingerprint density at radius 3 is 2.96 bits per heavy atom. The minimum Gasteiger partial charge on any atom is -0.371 e. The Hall–Kier alpha value is -3.28. The van der Waals surface area contributed by atoms with E-state index in [0.29, 0.717) is 16.2 Å². The molecule has 0 aliphatic rings. The third-order valence-corrected chi connectivity index (χ3v) is 4.72. The third-order valence-electron chi connectivity index (χ3n) is 3.73. The first kappa shape index (κ1) is 16.2. The number of benzene rings is 1. The van der Waals surface area contributed by atoms with Gasteiger partial charge in [-0.25, -0.2) is 15.0 Å². The second-order valence-corrected chi connectivity index (χ2v) is 6.66. The maximum Gasteiger partial charge on any atom is 0.222 e. The van der Waals surface area contributed by atoms with Gasteiger partial charge in [-0.3, -0.25) is 4.57 Å².